The fraction of sp³-hybridized carbons (Fsp3) is 0.136. The van der Waals surface area contributed by atoms with Crippen LogP contribution in [-0.2, 0) is 0 Å². The van der Waals surface area contributed by atoms with E-state index in [4.69, 9.17) is 0 Å². The molecule has 0 aromatic heterocycles. The molecule has 0 saturated carbocycles. The minimum absolute atomic E-state index is 0.328. The molecule has 1 unspecified atom stereocenters. The van der Waals surface area contributed by atoms with Crippen molar-refractivity contribution < 1.29 is 9.90 Å². The lowest BCUT2D eigenvalue weighted by molar-refractivity contribution is 0.0697. The van der Waals surface area contributed by atoms with Crippen LogP contribution in [0.5, 0.6) is 0 Å². The lowest BCUT2D eigenvalue weighted by Crippen LogP contribution is -2.65. The first kappa shape index (κ1) is 17.2. The topological polar surface area (TPSA) is 37.3 Å². The summed E-state index contributed by atoms with van der Waals surface area (Å²) in [6.07, 6.45) is 0. The van der Waals surface area contributed by atoms with Crippen LogP contribution in [0.15, 0.2) is 72.8 Å². The molecule has 0 spiro atoms. The lowest BCUT2D eigenvalue weighted by atomic mass is 10.1. The molecule has 2 nitrogen and oxygen atoms in total. The Morgan fingerprint density at radius 2 is 1.40 bits per heavy atom. The number of benzene rings is 3. The van der Waals surface area contributed by atoms with Crippen LogP contribution in [0, 0.1) is 13.8 Å². The third-order valence-corrected chi connectivity index (χ3v) is 9.80. The molecule has 1 atom stereocenters. The summed E-state index contributed by atoms with van der Waals surface area (Å²) in [5.41, 5.74) is 2.94. The summed E-state index contributed by atoms with van der Waals surface area (Å²) in [6.45, 7) is 6.68. The minimum Gasteiger partial charge on any atom is -0.478 e. The highest BCUT2D eigenvalue weighted by molar-refractivity contribution is 7.10. The van der Waals surface area contributed by atoms with E-state index in [1.807, 2.05) is 18.2 Å². The molecule has 0 aliphatic heterocycles. The maximum absolute atomic E-state index is 11.2. The Hall–Kier alpha value is -2.65. The number of carbonyl (C=O) groups is 1. The van der Waals surface area contributed by atoms with Crippen molar-refractivity contribution in [2.75, 3.05) is 0 Å². The second-order valence-corrected chi connectivity index (χ2v) is 10.6. The van der Waals surface area contributed by atoms with Crippen molar-refractivity contribution >= 4 is 29.6 Å². The third-order valence-electron chi connectivity index (χ3n) is 5.20. The predicted octanol–water partition coefficient (Wildman–Crippen LogP) is 3.10. The lowest BCUT2D eigenvalue weighted by Gasteiger charge is -2.31. The van der Waals surface area contributed by atoms with Crippen LogP contribution in [0.1, 0.15) is 21.5 Å². The number of rotatable bonds is 4. The molecule has 0 heterocycles. The van der Waals surface area contributed by atoms with Gasteiger partial charge in [0.15, 0.2) is 0 Å². The molecule has 126 valence electrons. The van der Waals surface area contributed by atoms with Crippen molar-refractivity contribution in [3.63, 3.8) is 0 Å². The Labute approximate surface area is 149 Å². The summed E-state index contributed by atoms with van der Waals surface area (Å²) in [7, 11) is -2.20. The van der Waals surface area contributed by atoms with E-state index in [1.54, 1.807) is 12.1 Å². The van der Waals surface area contributed by atoms with Gasteiger partial charge in [0.1, 0.15) is 8.07 Å². The van der Waals surface area contributed by atoms with Crippen molar-refractivity contribution in [3.05, 3.63) is 89.5 Å². The third kappa shape index (κ3) is 3.03. The SMILES string of the molecule is Cc1cccc([Si](C)(c2ccccc2)c2ccc(C(=O)O)cc2)c1C. The molecular formula is C22H22O2Si. The highest BCUT2D eigenvalue weighted by atomic mass is 28.3. The van der Waals surface area contributed by atoms with Crippen LogP contribution in [0.3, 0.4) is 0 Å². The molecule has 0 bridgehead atoms. The van der Waals surface area contributed by atoms with E-state index >= 15 is 0 Å². The van der Waals surface area contributed by atoms with Gasteiger partial charge in [-0.1, -0.05) is 67.2 Å². The van der Waals surface area contributed by atoms with Crippen molar-refractivity contribution in [3.8, 4) is 0 Å². The van der Waals surface area contributed by atoms with Gasteiger partial charge in [0.25, 0.3) is 0 Å². The summed E-state index contributed by atoms with van der Waals surface area (Å²) in [6, 6.07) is 24.5. The van der Waals surface area contributed by atoms with Gasteiger partial charge in [0.05, 0.1) is 5.56 Å². The van der Waals surface area contributed by atoms with Gasteiger partial charge in [-0.3, -0.25) is 0 Å². The highest BCUT2D eigenvalue weighted by Gasteiger charge is 2.35. The zero-order chi connectivity index (χ0) is 18.0. The summed E-state index contributed by atoms with van der Waals surface area (Å²) in [5.74, 6) is -0.888. The predicted molar refractivity (Wildman–Crippen MR) is 106 cm³/mol. The van der Waals surface area contributed by atoms with Crippen LogP contribution in [0.4, 0.5) is 0 Å². The molecule has 0 radical (unpaired) electrons. The Morgan fingerprint density at radius 1 is 0.800 bits per heavy atom. The van der Waals surface area contributed by atoms with Crippen LogP contribution in [0.25, 0.3) is 0 Å². The summed E-state index contributed by atoms with van der Waals surface area (Å²) >= 11 is 0. The molecule has 3 rings (SSSR count). The number of hydrogen-bond acceptors (Lipinski definition) is 1. The zero-order valence-electron chi connectivity index (χ0n) is 14.8. The molecule has 0 aliphatic rings. The number of hydrogen-bond donors (Lipinski definition) is 1. The van der Waals surface area contributed by atoms with Gasteiger partial charge in [0.2, 0.25) is 0 Å². The smallest absolute Gasteiger partial charge is 0.335 e. The summed E-state index contributed by atoms with van der Waals surface area (Å²) < 4.78 is 0. The number of carboxylic acid groups (broad SMARTS) is 1. The number of carboxylic acids is 1. The Bertz CT molecular complexity index is 901. The summed E-state index contributed by atoms with van der Waals surface area (Å²) in [5, 5.41) is 13.1. The van der Waals surface area contributed by atoms with Gasteiger partial charge in [-0.15, -0.1) is 0 Å². The standard InChI is InChI=1S/C22H22O2Si/c1-16-8-7-11-21(17(16)2)25(3,19-9-5-4-6-10-19)20-14-12-18(13-15-20)22(23)24/h4-15H,1-3H3,(H,23,24). The molecule has 0 fully saturated rings. The van der Waals surface area contributed by atoms with E-state index in [9.17, 15) is 9.90 Å². The van der Waals surface area contributed by atoms with E-state index in [2.05, 4.69) is 62.9 Å². The van der Waals surface area contributed by atoms with E-state index in [-0.39, 0.29) is 0 Å². The largest absolute Gasteiger partial charge is 0.478 e. The molecule has 3 aromatic rings. The Morgan fingerprint density at radius 3 is 2.00 bits per heavy atom. The van der Waals surface area contributed by atoms with Crippen LogP contribution >= 0.6 is 0 Å². The van der Waals surface area contributed by atoms with Crippen LogP contribution in [-0.4, -0.2) is 19.1 Å². The molecule has 3 heteroatoms. The van der Waals surface area contributed by atoms with Crippen molar-refractivity contribution in [2.24, 2.45) is 0 Å². The van der Waals surface area contributed by atoms with Crippen LogP contribution < -0.4 is 15.6 Å². The maximum atomic E-state index is 11.2. The number of aryl methyl sites for hydroxylation is 1. The molecule has 0 saturated heterocycles. The first-order valence-electron chi connectivity index (χ1n) is 8.40. The van der Waals surface area contributed by atoms with Gasteiger partial charge >= 0.3 is 5.97 Å². The van der Waals surface area contributed by atoms with Gasteiger partial charge in [-0.2, -0.15) is 0 Å². The summed E-state index contributed by atoms with van der Waals surface area (Å²) in [4.78, 5) is 11.2. The quantitative estimate of drug-likeness (QED) is 0.582. The second kappa shape index (κ2) is 6.69. The maximum Gasteiger partial charge on any atom is 0.335 e. The monoisotopic (exact) mass is 346 g/mol. The average Bonchev–Trinajstić information content (AvgIpc) is 2.64. The van der Waals surface area contributed by atoms with Crippen molar-refractivity contribution in [1.29, 1.82) is 0 Å². The fourth-order valence-corrected chi connectivity index (χ4v) is 7.51. The average molecular weight is 347 g/mol. The molecule has 25 heavy (non-hydrogen) atoms. The minimum atomic E-state index is -2.20. The van der Waals surface area contributed by atoms with Crippen molar-refractivity contribution in [2.45, 2.75) is 20.4 Å². The fourth-order valence-electron chi connectivity index (χ4n) is 3.49. The van der Waals surface area contributed by atoms with Gasteiger partial charge < -0.3 is 5.11 Å². The Kier molecular flexibility index (Phi) is 4.60. The molecule has 0 amide bonds. The second-order valence-electron chi connectivity index (χ2n) is 6.62. The van der Waals surface area contributed by atoms with Gasteiger partial charge in [0, 0.05) is 0 Å². The van der Waals surface area contributed by atoms with E-state index in [1.165, 1.54) is 26.7 Å². The van der Waals surface area contributed by atoms with Crippen LogP contribution in [0.2, 0.25) is 6.55 Å². The number of aromatic carboxylic acids is 1. The molecule has 1 N–H and O–H groups in total. The van der Waals surface area contributed by atoms with E-state index in [0.29, 0.717) is 5.56 Å². The zero-order valence-corrected chi connectivity index (χ0v) is 15.8. The molecule has 3 aromatic carbocycles. The van der Waals surface area contributed by atoms with Gasteiger partial charge in [-0.25, -0.2) is 4.79 Å². The highest BCUT2D eigenvalue weighted by Crippen LogP contribution is 2.13. The van der Waals surface area contributed by atoms with E-state index < -0.39 is 14.0 Å². The van der Waals surface area contributed by atoms with E-state index in [0.717, 1.165) is 0 Å². The van der Waals surface area contributed by atoms with Gasteiger partial charge in [-0.05, 0) is 52.7 Å². The molecular weight excluding hydrogens is 324 g/mol. The first-order chi connectivity index (χ1) is 11.9. The van der Waals surface area contributed by atoms with Crippen molar-refractivity contribution in [1.82, 2.24) is 0 Å². The Balaban J connectivity index is 2.26. The molecule has 0 aliphatic carbocycles. The first-order valence-corrected chi connectivity index (χ1v) is 10.9. The normalized spacial score (nSPS) is 13.2.